The Hall–Kier alpha value is -1.97. The summed E-state index contributed by atoms with van der Waals surface area (Å²) in [6, 6.07) is -0.884. The van der Waals surface area contributed by atoms with Crippen molar-refractivity contribution in [3.05, 3.63) is 10.4 Å². The van der Waals surface area contributed by atoms with Gasteiger partial charge >= 0.3 is 17.9 Å². The van der Waals surface area contributed by atoms with E-state index in [-0.39, 0.29) is 6.61 Å². The highest BCUT2D eigenvalue weighted by Gasteiger charge is 2.54. The highest BCUT2D eigenvalue weighted by atomic mass is 32.2. The van der Waals surface area contributed by atoms with Gasteiger partial charge in [-0.1, -0.05) is 5.11 Å². The van der Waals surface area contributed by atoms with E-state index < -0.39 is 58.6 Å². The Kier molecular flexibility index (Phi) is 8.01. The molecule has 25 heavy (non-hydrogen) atoms. The van der Waals surface area contributed by atoms with Gasteiger partial charge in [0.05, 0.1) is 12.5 Å². The van der Waals surface area contributed by atoms with E-state index in [0.717, 1.165) is 0 Å². The Bertz CT molecular complexity index is 565. The van der Waals surface area contributed by atoms with E-state index in [4.69, 9.17) is 24.5 Å². The van der Waals surface area contributed by atoms with Crippen LogP contribution in [0.3, 0.4) is 0 Å². The van der Waals surface area contributed by atoms with Crippen molar-refractivity contribution in [2.75, 3.05) is 19.1 Å². The first-order chi connectivity index (χ1) is 11.7. The van der Waals surface area contributed by atoms with Gasteiger partial charge in [0.2, 0.25) is 5.44 Å². The lowest BCUT2D eigenvalue weighted by molar-refractivity contribution is -0.209. The van der Waals surface area contributed by atoms with Crippen LogP contribution in [-0.4, -0.2) is 66.8 Å². The number of nitrogens with zero attached hydrogens (tertiary/aromatic N) is 3. The molecule has 1 fully saturated rings. The largest absolute Gasteiger partial charge is 0.463 e. The molecule has 1 heterocycles. The van der Waals surface area contributed by atoms with Crippen LogP contribution in [0, 0.1) is 0 Å². The van der Waals surface area contributed by atoms with E-state index in [1.165, 1.54) is 20.8 Å². The second kappa shape index (κ2) is 9.50. The third-order valence-electron chi connectivity index (χ3n) is 3.32. The van der Waals surface area contributed by atoms with Crippen LogP contribution >= 0.6 is 0 Å². The van der Waals surface area contributed by atoms with Crippen molar-refractivity contribution >= 4 is 28.8 Å². The summed E-state index contributed by atoms with van der Waals surface area (Å²) in [7, 11) is -0.391. The zero-order valence-corrected chi connectivity index (χ0v) is 15.5. The molecular formula is C14H22N3O7S+. The molecule has 0 amide bonds. The van der Waals surface area contributed by atoms with Gasteiger partial charge in [0, 0.05) is 36.6 Å². The third-order valence-corrected chi connectivity index (χ3v) is 4.64. The Labute approximate surface area is 148 Å². The van der Waals surface area contributed by atoms with Crippen LogP contribution in [-0.2, 0) is 44.2 Å². The zero-order valence-electron chi connectivity index (χ0n) is 14.7. The maximum absolute atomic E-state index is 11.5. The van der Waals surface area contributed by atoms with Gasteiger partial charge in [-0.3, -0.25) is 14.4 Å². The molecule has 0 radical (unpaired) electrons. The predicted octanol–water partition coefficient (Wildman–Crippen LogP) is 0.695. The molecule has 0 bridgehead atoms. The predicted molar refractivity (Wildman–Crippen MR) is 88.5 cm³/mol. The maximum Gasteiger partial charge on any atom is 0.303 e. The smallest absolute Gasteiger partial charge is 0.303 e. The topological polar surface area (TPSA) is 137 Å². The van der Waals surface area contributed by atoms with Gasteiger partial charge in [0.1, 0.15) is 12.7 Å². The second-order valence-corrected chi connectivity index (χ2v) is 7.79. The fraction of sp³-hybridized carbons (Fsp3) is 0.786. The standard InChI is InChI=1S/C14H22N3O7S/c1-7(18)21-6-10-12(22-8(2)19)13(23-9(3)20)11(16-17-15)14(24-10)25(4)5/h10-14H,6H2,1-5H3/q+1/t10-,11-,12-,13-,14+/m1/s1. The second-order valence-electron chi connectivity index (χ2n) is 5.57. The zero-order chi connectivity index (χ0) is 19.1. The van der Waals surface area contributed by atoms with Crippen molar-refractivity contribution in [1.82, 2.24) is 0 Å². The van der Waals surface area contributed by atoms with Crippen LogP contribution in [0.15, 0.2) is 5.11 Å². The van der Waals surface area contributed by atoms with Gasteiger partial charge in [-0.15, -0.1) is 0 Å². The minimum absolute atomic E-state index is 0.193. The first kappa shape index (κ1) is 21.1. The van der Waals surface area contributed by atoms with Crippen LogP contribution in [0.1, 0.15) is 20.8 Å². The minimum atomic E-state index is -1.07. The number of ether oxygens (including phenoxy) is 4. The lowest BCUT2D eigenvalue weighted by atomic mass is 9.98. The molecule has 10 nitrogen and oxygen atoms in total. The van der Waals surface area contributed by atoms with E-state index >= 15 is 0 Å². The van der Waals surface area contributed by atoms with Crippen LogP contribution < -0.4 is 0 Å². The number of rotatable bonds is 6. The maximum atomic E-state index is 11.5. The van der Waals surface area contributed by atoms with E-state index in [1.54, 1.807) is 0 Å². The molecule has 0 saturated carbocycles. The fourth-order valence-corrected chi connectivity index (χ4v) is 3.59. The van der Waals surface area contributed by atoms with Crippen molar-refractivity contribution in [2.24, 2.45) is 5.11 Å². The van der Waals surface area contributed by atoms with Gasteiger partial charge in [-0.05, 0) is 5.53 Å². The molecule has 0 aromatic heterocycles. The average molecular weight is 376 g/mol. The van der Waals surface area contributed by atoms with E-state index in [2.05, 4.69) is 10.0 Å². The van der Waals surface area contributed by atoms with E-state index in [9.17, 15) is 14.4 Å². The number of hydrogen-bond donors (Lipinski definition) is 0. The molecule has 0 aromatic rings. The molecule has 0 N–H and O–H groups in total. The molecule has 0 aromatic carbocycles. The summed E-state index contributed by atoms with van der Waals surface area (Å²) < 4.78 is 21.4. The Morgan fingerprint density at radius 2 is 1.64 bits per heavy atom. The van der Waals surface area contributed by atoms with Gasteiger partial charge in [-0.25, -0.2) is 0 Å². The summed E-state index contributed by atoms with van der Waals surface area (Å²) in [5.74, 6) is -1.79. The normalized spacial score (nSPS) is 28.6. The van der Waals surface area contributed by atoms with E-state index in [1.807, 2.05) is 12.5 Å². The van der Waals surface area contributed by atoms with Gasteiger partial charge in [0.15, 0.2) is 18.2 Å². The molecule has 11 heteroatoms. The number of hydrogen-bond acceptors (Lipinski definition) is 8. The van der Waals surface area contributed by atoms with Crippen LogP contribution in [0.2, 0.25) is 0 Å². The van der Waals surface area contributed by atoms with Crippen molar-refractivity contribution in [2.45, 2.75) is 50.6 Å². The summed E-state index contributed by atoms with van der Waals surface area (Å²) in [4.78, 5) is 36.9. The molecule has 140 valence electrons. The molecule has 1 aliphatic rings. The van der Waals surface area contributed by atoms with Crippen molar-refractivity contribution in [3.63, 3.8) is 0 Å². The monoisotopic (exact) mass is 376 g/mol. The first-order valence-electron chi connectivity index (χ1n) is 7.41. The fourth-order valence-electron chi connectivity index (χ4n) is 2.46. The molecule has 0 unspecified atom stereocenters. The summed E-state index contributed by atoms with van der Waals surface area (Å²) in [6.45, 7) is 3.42. The lowest BCUT2D eigenvalue weighted by Gasteiger charge is -2.41. The molecule has 1 rings (SSSR count). The third kappa shape index (κ3) is 6.11. The van der Waals surface area contributed by atoms with Crippen molar-refractivity contribution < 1.29 is 33.3 Å². The molecule has 0 aliphatic carbocycles. The quantitative estimate of drug-likeness (QED) is 0.166. The summed E-state index contributed by atoms with van der Waals surface area (Å²) in [5.41, 5.74) is 8.28. The number of esters is 3. The van der Waals surface area contributed by atoms with Crippen LogP contribution in [0.25, 0.3) is 10.4 Å². The van der Waals surface area contributed by atoms with E-state index in [0.29, 0.717) is 0 Å². The number of carbonyl (C=O) groups excluding carboxylic acids is 3. The van der Waals surface area contributed by atoms with Gasteiger partial charge in [0.25, 0.3) is 0 Å². The number of azide groups is 1. The highest BCUT2D eigenvalue weighted by Crippen LogP contribution is 2.31. The first-order valence-corrected chi connectivity index (χ1v) is 9.51. The SMILES string of the molecule is CC(=O)OC[C@H]1O[C@@H]([S+](C)C)[C@H](N=[N+]=[N-])[C@@H](OC(C)=O)[C@@H]1OC(C)=O. The lowest BCUT2D eigenvalue weighted by Crippen LogP contribution is -2.62. The van der Waals surface area contributed by atoms with Crippen molar-refractivity contribution in [1.29, 1.82) is 0 Å². The van der Waals surface area contributed by atoms with Gasteiger partial charge < -0.3 is 18.9 Å². The molecule has 5 atom stereocenters. The summed E-state index contributed by atoms with van der Waals surface area (Å²) >= 11 is 0. The average Bonchev–Trinajstić information content (AvgIpc) is 2.48. The van der Waals surface area contributed by atoms with Crippen LogP contribution in [0.5, 0.6) is 0 Å². The molecule has 1 aliphatic heterocycles. The Morgan fingerprint density at radius 3 is 2.08 bits per heavy atom. The summed E-state index contributed by atoms with van der Waals surface area (Å²) in [6.07, 6.45) is 0.749. The highest BCUT2D eigenvalue weighted by molar-refractivity contribution is 7.96. The van der Waals surface area contributed by atoms with Crippen molar-refractivity contribution in [3.8, 4) is 0 Å². The van der Waals surface area contributed by atoms with Crippen LogP contribution in [0.4, 0.5) is 0 Å². The van der Waals surface area contributed by atoms with Gasteiger partial charge in [-0.2, -0.15) is 0 Å². The molecule has 1 saturated heterocycles. The Balaban J connectivity index is 3.26. The Morgan fingerprint density at radius 1 is 1.08 bits per heavy atom. The summed E-state index contributed by atoms with van der Waals surface area (Å²) in [5, 5.41) is 3.69. The molecule has 0 spiro atoms. The molecular weight excluding hydrogens is 354 g/mol. The minimum Gasteiger partial charge on any atom is -0.463 e. The number of carbonyl (C=O) groups is 3.